The van der Waals surface area contributed by atoms with Crippen molar-refractivity contribution >= 4 is 33.2 Å². The number of fused-ring (bicyclic) bond motifs is 2. The van der Waals surface area contributed by atoms with E-state index in [0.717, 1.165) is 27.7 Å². The van der Waals surface area contributed by atoms with Crippen molar-refractivity contribution in [3.63, 3.8) is 0 Å². The van der Waals surface area contributed by atoms with Gasteiger partial charge >= 0.3 is 0 Å². The Morgan fingerprint density at radius 1 is 0.800 bits per heavy atom. The first-order chi connectivity index (χ1) is 13.9. The van der Waals surface area contributed by atoms with Crippen molar-refractivity contribution in [1.82, 2.24) is 9.97 Å². The zero-order valence-electron chi connectivity index (χ0n) is 18.5. The maximum Gasteiger partial charge on any atom is 0.270 e. The molecule has 0 atom stereocenters. The molecule has 0 spiro atoms. The van der Waals surface area contributed by atoms with Gasteiger partial charge in [-0.2, -0.15) is 0 Å². The minimum atomic E-state index is -0.362. The van der Waals surface area contributed by atoms with Crippen LogP contribution in [-0.4, -0.2) is 14.9 Å². The van der Waals surface area contributed by atoms with Crippen molar-refractivity contribution in [3.8, 4) is 0 Å². The molecule has 0 saturated heterocycles. The lowest BCUT2D eigenvalue weighted by molar-refractivity contribution is -0.384. The van der Waals surface area contributed by atoms with Crippen LogP contribution in [0.25, 0.3) is 21.8 Å². The van der Waals surface area contributed by atoms with E-state index in [-0.39, 0.29) is 21.4 Å². The zero-order valence-corrected chi connectivity index (χ0v) is 18.5. The first-order valence-electron chi connectivity index (χ1n) is 10.0. The molecule has 30 heavy (non-hydrogen) atoms. The number of hydrogen-bond acceptors (Lipinski definition) is 3. The highest BCUT2D eigenvalue weighted by Gasteiger charge is 2.20. The smallest absolute Gasteiger partial charge is 0.270 e. The summed E-state index contributed by atoms with van der Waals surface area (Å²) in [6.07, 6.45) is 4.00. The van der Waals surface area contributed by atoms with Gasteiger partial charge in [-0.25, -0.2) is 0 Å². The highest BCUT2D eigenvalue weighted by molar-refractivity contribution is 5.87. The average Bonchev–Trinajstić information content (AvgIpc) is 3.24. The number of nitro groups is 1. The quantitative estimate of drug-likeness (QED) is 0.193. The van der Waals surface area contributed by atoms with Crippen LogP contribution in [0.1, 0.15) is 52.7 Å². The first-order valence-corrected chi connectivity index (χ1v) is 10.0. The lowest BCUT2D eigenvalue weighted by atomic mass is 9.87. The molecule has 0 unspecified atom stereocenters. The number of nitrogens with two attached hydrogens (primary N) is 1. The predicted octanol–water partition coefficient (Wildman–Crippen LogP) is 6.42. The third-order valence-corrected chi connectivity index (χ3v) is 5.20. The molecule has 0 bridgehead atoms. The molecule has 158 valence electrons. The Balaban J connectivity index is 0.000000172. The van der Waals surface area contributed by atoms with Crippen LogP contribution < -0.4 is 5.73 Å². The minimum Gasteiger partial charge on any atom is -0.399 e. The molecular weight excluding hydrogens is 376 g/mol. The van der Waals surface area contributed by atoms with Gasteiger partial charge in [-0.1, -0.05) is 41.5 Å². The molecule has 4 aromatic rings. The Kier molecular flexibility index (Phi) is 5.37. The molecule has 0 fully saturated rings. The normalized spacial score (nSPS) is 12.1. The summed E-state index contributed by atoms with van der Waals surface area (Å²) < 4.78 is 0. The van der Waals surface area contributed by atoms with Gasteiger partial charge in [0.2, 0.25) is 0 Å². The van der Waals surface area contributed by atoms with E-state index in [4.69, 9.17) is 5.73 Å². The van der Waals surface area contributed by atoms with Crippen LogP contribution >= 0.6 is 0 Å². The Hall–Kier alpha value is -3.28. The fourth-order valence-electron chi connectivity index (χ4n) is 3.60. The number of nitrogens with one attached hydrogen (secondary N) is 2. The van der Waals surface area contributed by atoms with Gasteiger partial charge in [0.25, 0.3) is 5.69 Å². The summed E-state index contributed by atoms with van der Waals surface area (Å²) in [6, 6.07) is 10.9. The predicted molar refractivity (Wildman–Crippen MR) is 125 cm³/mol. The zero-order chi connectivity index (χ0) is 22.3. The van der Waals surface area contributed by atoms with E-state index in [1.807, 2.05) is 24.4 Å². The fourth-order valence-corrected chi connectivity index (χ4v) is 3.60. The monoisotopic (exact) mass is 406 g/mol. The largest absolute Gasteiger partial charge is 0.399 e. The maximum atomic E-state index is 10.7. The van der Waals surface area contributed by atoms with E-state index in [9.17, 15) is 10.1 Å². The van der Waals surface area contributed by atoms with Crippen LogP contribution in [0.5, 0.6) is 0 Å². The van der Waals surface area contributed by atoms with Crippen molar-refractivity contribution in [2.75, 3.05) is 5.73 Å². The van der Waals surface area contributed by atoms with Crippen molar-refractivity contribution in [2.45, 2.75) is 52.4 Å². The molecule has 0 amide bonds. The maximum absolute atomic E-state index is 10.7. The summed E-state index contributed by atoms with van der Waals surface area (Å²) in [4.78, 5) is 16.8. The molecule has 4 N–H and O–H groups in total. The number of aromatic amines is 2. The van der Waals surface area contributed by atoms with Crippen LogP contribution in [0.4, 0.5) is 11.4 Å². The SMILES string of the molecule is CC(C)(C)c1c[nH]c2ccc(N)cc12.CC(C)(C)c1c[nH]c2ccc([N+](=O)[O-])cc12. The van der Waals surface area contributed by atoms with Crippen LogP contribution in [0.3, 0.4) is 0 Å². The standard InChI is InChI=1S/C12H14N2O2.C12H16N2/c1-12(2,3)10-7-13-11-5-4-8(14(15)16)6-9(10)11;1-12(2,3)10-7-14-11-5-4-8(13)6-9(10)11/h4-7,13H,1-3H3;4-7,14H,13H2,1-3H3. The highest BCUT2D eigenvalue weighted by Crippen LogP contribution is 2.32. The second kappa shape index (κ2) is 7.52. The topological polar surface area (TPSA) is 101 Å². The van der Waals surface area contributed by atoms with Crippen molar-refractivity contribution in [2.24, 2.45) is 0 Å². The van der Waals surface area contributed by atoms with Gasteiger partial charge < -0.3 is 15.7 Å². The second-order valence-corrected chi connectivity index (χ2v) is 9.70. The first kappa shape index (κ1) is 21.4. The van der Waals surface area contributed by atoms with E-state index < -0.39 is 0 Å². The Morgan fingerprint density at radius 3 is 1.73 bits per heavy atom. The number of non-ortho nitro benzene ring substituents is 1. The van der Waals surface area contributed by atoms with Crippen molar-refractivity contribution in [3.05, 3.63) is 70.0 Å². The van der Waals surface area contributed by atoms with Gasteiger partial charge in [0.1, 0.15) is 0 Å². The molecule has 0 aliphatic rings. The van der Waals surface area contributed by atoms with E-state index in [2.05, 4.69) is 57.7 Å². The lowest BCUT2D eigenvalue weighted by Crippen LogP contribution is -2.09. The molecule has 0 saturated carbocycles. The van der Waals surface area contributed by atoms with Crippen LogP contribution in [0.15, 0.2) is 48.8 Å². The van der Waals surface area contributed by atoms with Gasteiger partial charge in [-0.3, -0.25) is 10.1 Å². The molecule has 2 aromatic heterocycles. The number of nitro benzene ring substituents is 1. The highest BCUT2D eigenvalue weighted by atomic mass is 16.6. The minimum absolute atomic E-state index is 0.0204. The van der Waals surface area contributed by atoms with Crippen molar-refractivity contribution < 1.29 is 4.92 Å². The van der Waals surface area contributed by atoms with Crippen LogP contribution in [0, 0.1) is 10.1 Å². The number of H-pyrrole nitrogens is 2. The number of rotatable bonds is 1. The summed E-state index contributed by atoms with van der Waals surface area (Å²) in [6.45, 7) is 12.9. The number of anilines is 1. The van der Waals surface area contributed by atoms with Gasteiger partial charge in [-0.05, 0) is 46.2 Å². The summed E-state index contributed by atoms with van der Waals surface area (Å²) in [5.74, 6) is 0. The molecule has 2 heterocycles. The van der Waals surface area contributed by atoms with E-state index >= 15 is 0 Å². The summed E-state index contributed by atoms with van der Waals surface area (Å²) in [7, 11) is 0. The molecule has 4 rings (SSSR count). The van der Waals surface area contributed by atoms with Gasteiger partial charge in [0.15, 0.2) is 0 Å². The number of nitrogen functional groups attached to an aromatic ring is 1. The Labute approximate surface area is 176 Å². The molecule has 0 radical (unpaired) electrons. The summed E-state index contributed by atoms with van der Waals surface area (Å²) in [5.41, 5.74) is 11.4. The fraction of sp³-hybridized carbons (Fsp3) is 0.333. The number of aromatic nitrogens is 2. The molecule has 0 aliphatic carbocycles. The van der Waals surface area contributed by atoms with E-state index in [1.54, 1.807) is 12.1 Å². The van der Waals surface area contributed by atoms with Gasteiger partial charge in [0, 0.05) is 52.0 Å². The number of nitrogens with zero attached hydrogens (tertiary/aromatic N) is 1. The average molecular weight is 407 g/mol. The molecule has 2 aromatic carbocycles. The Bertz CT molecular complexity index is 1200. The van der Waals surface area contributed by atoms with Crippen LogP contribution in [-0.2, 0) is 10.8 Å². The van der Waals surface area contributed by atoms with E-state index in [1.165, 1.54) is 17.0 Å². The number of benzene rings is 2. The van der Waals surface area contributed by atoms with Gasteiger partial charge in [-0.15, -0.1) is 0 Å². The molecule has 6 nitrogen and oxygen atoms in total. The summed E-state index contributed by atoms with van der Waals surface area (Å²) >= 11 is 0. The lowest BCUT2D eigenvalue weighted by Gasteiger charge is -2.17. The summed E-state index contributed by atoms with van der Waals surface area (Å²) in [5, 5.41) is 12.9. The number of hydrogen-bond donors (Lipinski definition) is 3. The Morgan fingerprint density at radius 2 is 1.27 bits per heavy atom. The third-order valence-electron chi connectivity index (χ3n) is 5.20. The molecular formula is C24H30N4O2. The second-order valence-electron chi connectivity index (χ2n) is 9.70. The van der Waals surface area contributed by atoms with E-state index in [0.29, 0.717) is 0 Å². The third kappa shape index (κ3) is 4.32. The molecule has 6 heteroatoms. The van der Waals surface area contributed by atoms with Crippen molar-refractivity contribution in [1.29, 1.82) is 0 Å². The molecule has 0 aliphatic heterocycles. The van der Waals surface area contributed by atoms with Crippen LogP contribution in [0.2, 0.25) is 0 Å². The van der Waals surface area contributed by atoms with Gasteiger partial charge in [0.05, 0.1) is 4.92 Å².